The summed E-state index contributed by atoms with van der Waals surface area (Å²) in [5, 5.41) is 9.46. The number of pyridine rings is 1. The molecule has 4 rings (SSSR count). The van der Waals surface area contributed by atoms with Gasteiger partial charge in [-0.25, -0.2) is 9.78 Å². The maximum absolute atomic E-state index is 11.5. The Balaban J connectivity index is 1.80. The van der Waals surface area contributed by atoms with E-state index in [1.54, 1.807) is 16.7 Å². The van der Waals surface area contributed by atoms with Gasteiger partial charge in [-0.05, 0) is 40.0 Å². The number of rotatable bonds is 4. The number of carbonyl (C=O) groups is 1. The molecule has 0 amide bonds. The van der Waals surface area contributed by atoms with Crippen LogP contribution in [0.4, 0.5) is 0 Å². The molecule has 2 fully saturated rings. The van der Waals surface area contributed by atoms with Gasteiger partial charge in [-0.2, -0.15) is 0 Å². The van der Waals surface area contributed by atoms with Gasteiger partial charge in [0.1, 0.15) is 17.0 Å². The lowest BCUT2D eigenvalue weighted by Crippen LogP contribution is -2.26. The summed E-state index contributed by atoms with van der Waals surface area (Å²) in [6.07, 6.45) is 6.52. The molecule has 3 heterocycles. The standard InChI is InChI=1S/C18H22N2O4/c1-11(2)24-13-6-15-19-14(8-20(15)7-12(13)16(21)22)18-5-4-17(3,9-18)23-10-18/h6-8,11H,4-5,9-10H2,1-3H3,(H,21,22). The predicted octanol–water partition coefficient (Wildman–Crippen LogP) is 3.03. The number of fused-ring (bicyclic) bond motifs is 3. The van der Waals surface area contributed by atoms with E-state index in [2.05, 4.69) is 6.92 Å². The molecule has 2 aromatic heterocycles. The highest BCUT2D eigenvalue weighted by Crippen LogP contribution is 2.53. The van der Waals surface area contributed by atoms with E-state index in [-0.39, 0.29) is 22.7 Å². The molecule has 0 radical (unpaired) electrons. The Morgan fingerprint density at radius 1 is 1.42 bits per heavy atom. The first-order chi connectivity index (χ1) is 11.3. The summed E-state index contributed by atoms with van der Waals surface area (Å²) in [6, 6.07) is 1.72. The molecule has 6 nitrogen and oxygen atoms in total. The Bertz CT molecular complexity index is 816. The molecule has 2 bridgehead atoms. The average Bonchev–Trinajstić information content (AvgIpc) is 3.15. The van der Waals surface area contributed by atoms with Crippen molar-refractivity contribution in [1.82, 2.24) is 9.38 Å². The molecule has 1 saturated carbocycles. The monoisotopic (exact) mass is 330 g/mol. The largest absolute Gasteiger partial charge is 0.490 e. The Labute approximate surface area is 140 Å². The van der Waals surface area contributed by atoms with Gasteiger partial charge in [0.2, 0.25) is 0 Å². The minimum atomic E-state index is -1.00. The van der Waals surface area contributed by atoms with Gasteiger partial charge in [-0.3, -0.25) is 0 Å². The van der Waals surface area contributed by atoms with Crippen LogP contribution < -0.4 is 4.74 Å². The van der Waals surface area contributed by atoms with Crippen LogP contribution in [0.1, 0.15) is 56.1 Å². The second kappa shape index (κ2) is 4.96. The maximum Gasteiger partial charge on any atom is 0.341 e. The molecule has 1 aliphatic carbocycles. The topological polar surface area (TPSA) is 73.1 Å². The van der Waals surface area contributed by atoms with Gasteiger partial charge in [-0.15, -0.1) is 0 Å². The number of hydrogen-bond acceptors (Lipinski definition) is 4. The van der Waals surface area contributed by atoms with Gasteiger partial charge < -0.3 is 19.0 Å². The van der Waals surface area contributed by atoms with Gasteiger partial charge in [0.25, 0.3) is 0 Å². The van der Waals surface area contributed by atoms with Crippen LogP contribution in [-0.4, -0.2) is 38.8 Å². The first-order valence-corrected chi connectivity index (χ1v) is 8.37. The van der Waals surface area contributed by atoms with Crippen molar-refractivity contribution < 1.29 is 19.4 Å². The summed E-state index contributed by atoms with van der Waals surface area (Å²) in [5.41, 5.74) is 1.77. The number of aromatic carboxylic acids is 1. The van der Waals surface area contributed by atoms with Crippen LogP contribution in [0.3, 0.4) is 0 Å². The smallest absolute Gasteiger partial charge is 0.341 e. The number of hydrogen-bond donors (Lipinski definition) is 1. The quantitative estimate of drug-likeness (QED) is 0.933. The van der Waals surface area contributed by atoms with E-state index in [0.29, 0.717) is 18.0 Å². The highest BCUT2D eigenvalue weighted by atomic mass is 16.5. The van der Waals surface area contributed by atoms with Crippen LogP contribution in [-0.2, 0) is 10.2 Å². The number of nitrogens with zero attached hydrogens (tertiary/aromatic N) is 2. The SMILES string of the molecule is CC(C)Oc1cc2nc(C34CCC(C)(C3)OC4)cn2cc1C(=O)O. The van der Waals surface area contributed by atoms with Gasteiger partial charge in [-0.1, -0.05) is 0 Å². The molecule has 128 valence electrons. The molecule has 2 atom stereocenters. The van der Waals surface area contributed by atoms with Gasteiger partial charge in [0.15, 0.2) is 0 Å². The number of carboxylic acid groups (broad SMARTS) is 1. The van der Waals surface area contributed by atoms with Crippen molar-refractivity contribution in [3.05, 3.63) is 29.7 Å². The second-order valence-corrected chi connectivity index (χ2v) is 7.61. The summed E-state index contributed by atoms with van der Waals surface area (Å²) in [5.74, 6) is -0.641. The molecule has 1 saturated heterocycles. The number of aromatic nitrogens is 2. The van der Waals surface area contributed by atoms with Gasteiger partial charge in [0.05, 0.1) is 24.0 Å². The summed E-state index contributed by atoms with van der Waals surface area (Å²) >= 11 is 0. The third-order valence-corrected chi connectivity index (χ3v) is 5.23. The van der Waals surface area contributed by atoms with Crippen LogP contribution in [0, 0.1) is 0 Å². The third kappa shape index (κ3) is 2.28. The number of carboxylic acids is 1. The zero-order valence-electron chi connectivity index (χ0n) is 14.2. The predicted molar refractivity (Wildman–Crippen MR) is 87.8 cm³/mol. The molecular weight excluding hydrogens is 308 g/mol. The van der Waals surface area contributed by atoms with Crippen molar-refractivity contribution in [2.24, 2.45) is 0 Å². The maximum atomic E-state index is 11.5. The van der Waals surface area contributed by atoms with Crippen molar-refractivity contribution in [2.45, 2.75) is 57.2 Å². The third-order valence-electron chi connectivity index (χ3n) is 5.23. The van der Waals surface area contributed by atoms with Gasteiger partial charge in [0, 0.05) is 23.9 Å². The summed E-state index contributed by atoms with van der Waals surface area (Å²) in [7, 11) is 0. The zero-order valence-corrected chi connectivity index (χ0v) is 14.2. The summed E-state index contributed by atoms with van der Waals surface area (Å²) < 4.78 is 13.4. The Morgan fingerprint density at radius 3 is 2.75 bits per heavy atom. The number of imidazole rings is 1. The molecule has 0 spiro atoms. The fraction of sp³-hybridized carbons (Fsp3) is 0.556. The zero-order chi connectivity index (χ0) is 17.1. The summed E-state index contributed by atoms with van der Waals surface area (Å²) in [6.45, 7) is 6.60. The highest BCUT2D eigenvalue weighted by Gasteiger charge is 2.55. The molecule has 0 aromatic carbocycles. The minimum Gasteiger partial charge on any atom is -0.490 e. The van der Waals surface area contributed by atoms with E-state index in [1.807, 2.05) is 20.0 Å². The Hall–Kier alpha value is -2.08. The summed E-state index contributed by atoms with van der Waals surface area (Å²) in [4.78, 5) is 16.3. The lowest BCUT2D eigenvalue weighted by Gasteiger charge is -2.24. The van der Waals surface area contributed by atoms with Crippen molar-refractivity contribution in [2.75, 3.05) is 6.61 Å². The fourth-order valence-electron chi connectivity index (χ4n) is 4.03. The minimum absolute atomic E-state index is 0.0338. The van der Waals surface area contributed by atoms with Crippen molar-refractivity contribution in [3.8, 4) is 5.75 Å². The van der Waals surface area contributed by atoms with Crippen LogP contribution in [0.25, 0.3) is 5.65 Å². The van der Waals surface area contributed by atoms with Crippen molar-refractivity contribution >= 4 is 11.6 Å². The molecule has 6 heteroatoms. The Kier molecular flexibility index (Phi) is 3.19. The molecule has 2 aliphatic rings. The molecular formula is C18H22N2O4. The second-order valence-electron chi connectivity index (χ2n) is 7.61. The van der Waals surface area contributed by atoms with Crippen LogP contribution in [0.2, 0.25) is 0 Å². The van der Waals surface area contributed by atoms with Crippen LogP contribution in [0.5, 0.6) is 5.75 Å². The first kappa shape index (κ1) is 15.4. The lowest BCUT2D eigenvalue weighted by molar-refractivity contribution is -0.00627. The average molecular weight is 330 g/mol. The van der Waals surface area contributed by atoms with E-state index >= 15 is 0 Å². The van der Waals surface area contributed by atoms with E-state index in [4.69, 9.17) is 14.5 Å². The molecule has 2 unspecified atom stereocenters. The molecule has 1 aliphatic heterocycles. The lowest BCUT2D eigenvalue weighted by atomic mass is 9.84. The number of ether oxygens (including phenoxy) is 2. The first-order valence-electron chi connectivity index (χ1n) is 8.37. The van der Waals surface area contributed by atoms with Crippen molar-refractivity contribution in [1.29, 1.82) is 0 Å². The van der Waals surface area contributed by atoms with Crippen LogP contribution in [0.15, 0.2) is 18.5 Å². The van der Waals surface area contributed by atoms with E-state index in [9.17, 15) is 9.90 Å². The molecule has 1 N–H and O–H groups in total. The van der Waals surface area contributed by atoms with Crippen LogP contribution >= 0.6 is 0 Å². The van der Waals surface area contributed by atoms with E-state index in [0.717, 1.165) is 25.0 Å². The normalized spacial score (nSPS) is 28.8. The fourth-order valence-corrected chi connectivity index (χ4v) is 4.03. The van der Waals surface area contributed by atoms with E-state index < -0.39 is 5.97 Å². The molecule has 2 aromatic rings. The molecule has 24 heavy (non-hydrogen) atoms. The van der Waals surface area contributed by atoms with Crippen molar-refractivity contribution in [3.63, 3.8) is 0 Å². The van der Waals surface area contributed by atoms with Gasteiger partial charge >= 0.3 is 5.97 Å². The Morgan fingerprint density at radius 2 is 2.21 bits per heavy atom. The van der Waals surface area contributed by atoms with E-state index in [1.165, 1.54) is 0 Å². The highest BCUT2D eigenvalue weighted by molar-refractivity contribution is 5.91.